The summed E-state index contributed by atoms with van der Waals surface area (Å²) in [6.45, 7) is 1.39. The van der Waals surface area contributed by atoms with E-state index >= 15 is 0 Å². The van der Waals surface area contributed by atoms with E-state index in [9.17, 15) is 9.90 Å². The van der Waals surface area contributed by atoms with E-state index in [-0.39, 0.29) is 5.91 Å². The molecule has 1 heterocycles. The first-order valence-electron chi connectivity index (χ1n) is 9.02. The quantitative estimate of drug-likeness (QED) is 0.785. The minimum absolute atomic E-state index is 0.199. The lowest BCUT2D eigenvalue weighted by Gasteiger charge is -2.40. The van der Waals surface area contributed by atoms with Crippen LogP contribution in [0.2, 0.25) is 0 Å². The number of carbonyl (C=O) groups excluding carboxylic acids is 1. The lowest BCUT2D eigenvalue weighted by atomic mass is 9.88. The van der Waals surface area contributed by atoms with Crippen molar-refractivity contribution < 1.29 is 19.4 Å². The Labute approximate surface area is 149 Å². The molecule has 1 aromatic rings. The number of para-hydroxylation sites is 1. The molecule has 0 spiro atoms. The Kier molecular flexibility index (Phi) is 5.49. The summed E-state index contributed by atoms with van der Waals surface area (Å²) in [5.74, 6) is 1.08. The van der Waals surface area contributed by atoms with Crippen molar-refractivity contribution in [3.8, 4) is 11.5 Å². The second kappa shape index (κ2) is 7.62. The number of nitrogens with one attached hydrogen (secondary N) is 1. The smallest absolute Gasteiger partial charge is 0.256 e. The summed E-state index contributed by atoms with van der Waals surface area (Å²) in [4.78, 5) is 14.6. The van der Waals surface area contributed by atoms with Crippen molar-refractivity contribution in [2.45, 2.75) is 50.3 Å². The third-order valence-electron chi connectivity index (χ3n) is 5.34. The molecule has 138 valence electrons. The number of rotatable bonds is 7. The number of nitrogens with zero attached hydrogens (tertiary/aromatic N) is 1. The summed E-state index contributed by atoms with van der Waals surface area (Å²) >= 11 is 0. The van der Waals surface area contributed by atoms with Gasteiger partial charge in [-0.15, -0.1) is 0 Å². The molecule has 0 bridgehead atoms. The van der Waals surface area contributed by atoms with Gasteiger partial charge in [-0.25, -0.2) is 0 Å². The Balaban J connectivity index is 1.70. The van der Waals surface area contributed by atoms with Crippen molar-refractivity contribution in [2.24, 2.45) is 0 Å². The normalized spacial score (nSPS) is 24.1. The molecule has 6 heteroatoms. The molecule has 1 aromatic carbocycles. The summed E-state index contributed by atoms with van der Waals surface area (Å²) in [6, 6.07) is 6.09. The first kappa shape index (κ1) is 18.0. The third kappa shape index (κ3) is 3.75. The second-order valence-electron chi connectivity index (χ2n) is 7.02. The minimum atomic E-state index is -1.31. The average Bonchev–Trinajstić information content (AvgIpc) is 2.57. The van der Waals surface area contributed by atoms with Crippen molar-refractivity contribution in [1.82, 2.24) is 10.2 Å². The fraction of sp³-hybridized carbons (Fsp3) is 0.632. The zero-order valence-corrected chi connectivity index (χ0v) is 15.1. The lowest BCUT2D eigenvalue weighted by molar-refractivity contribution is -0.157. The molecule has 2 fully saturated rings. The Hall–Kier alpha value is -1.79. The number of hydrogen-bond donors (Lipinski definition) is 2. The number of benzene rings is 1. The van der Waals surface area contributed by atoms with Crippen LogP contribution in [0.5, 0.6) is 11.5 Å². The molecule has 1 atom stereocenters. The molecule has 1 unspecified atom stereocenters. The van der Waals surface area contributed by atoms with E-state index in [1.807, 2.05) is 18.2 Å². The molecule has 6 nitrogen and oxygen atoms in total. The van der Waals surface area contributed by atoms with E-state index < -0.39 is 5.60 Å². The summed E-state index contributed by atoms with van der Waals surface area (Å²) in [6.07, 6.45) is 4.80. The van der Waals surface area contributed by atoms with Crippen LogP contribution in [0.3, 0.4) is 0 Å². The fourth-order valence-corrected chi connectivity index (χ4v) is 3.59. The number of methoxy groups -OCH3 is 2. The molecule has 0 aromatic heterocycles. The predicted octanol–water partition coefficient (Wildman–Crippen LogP) is 1.70. The molecule has 0 radical (unpaired) electrons. The Bertz CT molecular complexity index is 617. The van der Waals surface area contributed by atoms with E-state index in [0.717, 1.165) is 24.8 Å². The van der Waals surface area contributed by atoms with E-state index in [0.29, 0.717) is 43.6 Å². The number of hydrogen-bond acceptors (Lipinski definition) is 5. The zero-order valence-electron chi connectivity index (χ0n) is 15.1. The van der Waals surface area contributed by atoms with Gasteiger partial charge in [0.2, 0.25) is 0 Å². The minimum Gasteiger partial charge on any atom is -0.493 e. The van der Waals surface area contributed by atoms with Crippen LogP contribution >= 0.6 is 0 Å². The van der Waals surface area contributed by atoms with Crippen LogP contribution in [-0.4, -0.2) is 54.9 Å². The van der Waals surface area contributed by atoms with Gasteiger partial charge in [0.25, 0.3) is 5.91 Å². The maximum atomic E-state index is 12.9. The Morgan fingerprint density at radius 3 is 2.72 bits per heavy atom. The number of ether oxygens (including phenoxy) is 2. The third-order valence-corrected chi connectivity index (χ3v) is 5.34. The van der Waals surface area contributed by atoms with Crippen LogP contribution in [0.4, 0.5) is 0 Å². The second-order valence-corrected chi connectivity index (χ2v) is 7.02. The van der Waals surface area contributed by atoms with Crippen molar-refractivity contribution in [1.29, 1.82) is 0 Å². The monoisotopic (exact) mass is 348 g/mol. The number of piperidine rings is 1. The van der Waals surface area contributed by atoms with Crippen molar-refractivity contribution >= 4 is 5.91 Å². The number of likely N-dealkylation sites (tertiary alicyclic amines) is 1. The molecule has 1 aliphatic carbocycles. The molecular weight excluding hydrogens is 320 g/mol. The van der Waals surface area contributed by atoms with Crippen LogP contribution in [0.1, 0.15) is 37.7 Å². The molecule has 2 aliphatic rings. The van der Waals surface area contributed by atoms with Crippen LogP contribution in [0, 0.1) is 0 Å². The lowest BCUT2D eigenvalue weighted by Crippen LogP contribution is -2.59. The van der Waals surface area contributed by atoms with E-state index in [4.69, 9.17) is 9.47 Å². The van der Waals surface area contributed by atoms with Crippen molar-refractivity contribution in [2.75, 3.05) is 27.3 Å². The summed E-state index contributed by atoms with van der Waals surface area (Å²) < 4.78 is 10.8. The van der Waals surface area contributed by atoms with Crippen molar-refractivity contribution in [3.05, 3.63) is 23.8 Å². The molecule has 1 saturated carbocycles. The van der Waals surface area contributed by atoms with Gasteiger partial charge in [-0.3, -0.25) is 4.79 Å². The Morgan fingerprint density at radius 2 is 2.08 bits per heavy atom. The largest absolute Gasteiger partial charge is 0.493 e. The van der Waals surface area contributed by atoms with Crippen molar-refractivity contribution in [3.63, 3.8) is 0 Å². The highest BCUT2D eigenvalue weighted by Gasteiger charge is 2.42. The van der Waals surface area contributed by atoms with Gasteiger partial charge in [0.1, 0.15) is 0 Å². The molecule has 2 N–H and O–H groups in total. The maximum Gasteiger partial charge on any atom is 0.256 e. The summed E-state index contributed by atoms with van der Waals surface area (Å²) in [5.41, 5.74) is -0.425. The topological polar surface area (TPSA) is 71.0 Å². The Morgan fingerprint density at radius 1 is 1.28 bits per heavy atom. The van der Waals surface area contributed by atoms with Gasteiger partial charge in [0.05, 0.1) is 14.2 Å². The SMILES string of the molecule is COc1cccc(CN2CCCC(O)(CNC3CCC3)C2=O)c1OC. The average molecular weight is 348 g/mol. The summed E-state index contributed by atoms with van der Waals surface area (Å²) in [7, 11) is 3.19. The van der Waals surface area contributed by atoms with Gasteiger partial charge in [0, 0.05) is 31.2 Å². The van der Waals surface area contributed by atoms with Gasteiger partial charge in [-0.1, -0.05) is 18.6 Å². The van der Waals surface area contributed by atoms with Gasteiger partial charge in [-0.05, 0) is 31.7 Å². The first-order chi connectivity index (χ1) is 12.1. The molecule has 1 amide bonds. The predicted molar refractivity (Wildman–Crippen MR) is 94.8 cm³/mol. The number of aliphatic hydroxyl groups is 1. The highest BCUT2D eigenvalue weighted by Crippen LogP contribution is 2.33. The fourth-order valence-electron chi connectivity index (χ4n) is 3.59. The van der Waals surface area contributed by atoms with Crippen LogP contribution in [0.25, 0.3) is 0 Å². The van der Waals surface area contributed by atoms with E-state index in [1.165, 1.54) is 6.42 Å². The molecule has 1 aliphatic heterocycles. The summed E-state index contributed by atoms with van der Waals surface area (Å²) in [5, 5.41) is 14.2. The number of carbonyl (C=O) groups is 1. The molecular formula is C19H28N2O4. The van der Waals surface area contributed by atoms with E-state index in [2.05, 4.69) is 5.32 Å². The molecule has 1 saturated heterocycles. The maximum absolute atomic E-state index is 12.9. The van der Waals surface area contributed by atoms with Gasteiger partial charge < -0.3 is 24.8 Å². The van der Waals surface area contributed by atoms with Crippen LogP contribution < -0.4 is 14.8 Å². The van der Waals surface area contributed by atoms with E-state index in [1.54, 1.807) is 19.1 Å². The first-order valence-corrected chi connectivity index (χ1v) is 9.02. The zero-order chi connectivity index (χ0) is 17.9. The molecule has 3 rings (SSSR count). The number of amides is 1. The van der Waals surface area contributed by atoms with Gasteiger partial charge >= 0.3 is 0 Å². The van der Waals surface area contributed by atoms with Crippen LogP contribution in [-0.2, 0) is 11.3 Å². The van der Waals surface area contributed by atoms with Crippen LogP contribution in [0.15, 0.2) is 18.2 Å². The standard InChI is InChI=1S/C19H28N2O4/c1-24-16-9-3-6-14(17(16)25-2)12-21-11-5-10-19(23,18(21)22)13-20-15-7-4-8-15/h3,6,9,15,20,23H,4-5,7-8,10-13H2,1-2H3. The highest BCUT2D eigenvalue weighted by molar-refractivity contribution is 5.86. The molecule has 25 heavy (non-hydrogen) atoms. The van der Waals surface area contributed by atoms with Gasteiger partial charge in [0.15, 0.2) is 17.1 Å². The van der Waals surface area contributed by atoms with Gasteiger partial charge in [-0.2, -0.15) is 0 Å². The highest BCUT2D eigenvalue weighted by atomic mass is 16.5.